The Balaban J connectivity index is 2.93. The van der Waals surface area contributed by atoms with Gasteiger partial charge in [-0.25, -0.2) is 0 Å². The summed E-state index contributed by atoms with van der Waals surface area (Å²) in [5.74, 6) is 0.727. The summed E-state index contributed by atoms with van der Waals surface area (Å²) in [6.45, 7) is 7.88. The predicted molar refractivity (Wildman–Crippen MR) is 76.2 cm³/mol. The van der Waals surface area contributed by atoms with Crippen LogP contribution in [0.4, 0.5) is 11.4 Å². The number of aliphatic hydroxyl groups is 1. The molecule has 0 aliphatic heterocycles. The van der Waals surface area contributed by atoms with Crippen molar-refractivity contribution in [1.29, 1.82) is 0 Å². The van der Waals surface area contributed by atoms with Crippen molar-refractivity contribution in [3.8, 4) is 5.75 Å². The molecule has 0 unspecified atom stereocenters. The highest BCUT2D eigenvalue weighted by Crippen LogP contribution is 2.32. The van der Waals surface area contributed by atoms with Gasteiger partial charge < -0.3 is 20.5 Å². The summed E-state index contributed by atoms with van der Waals surface area (Å²) in [6, 6.07) is 5.83. The molecule has 0 aliphatic rings. The molecule has 0 bridgehead atoms. The van der Waals surface area contributed by atoms with Gasteiger partial charge in [0, 0.05) is 19.7 Å². The van der Waals surface area contributed by atoms with Gasteiger partial charge in [0.2, 0.25) is 0 Å². The van der Waals surface area contributed by atoms with E-state index in [1.807, 2.05) is 32.0 Å². The molecular weight excluding hydrogens is 228 g/mol. The molecule has 0 radical (unpaired) electrons. The number of anilines is 2. The highest BCUT2D eigenvalue weighted by atomic mass is 16.5. The first-order chi connectivity index (χ1) is 8.60. The van der Waals surface area contributed by atoms with Crippen molar-refractivity contribution in [1.82, 2.24) is 0 Å². The third-order valence-electron chi connectivity index (χ3n) is 2.71. The smallest absolute Gasteiger partial charge is 0.144 e. The molecule has 0 saturated heterocycles. The van der Waals surface area contributed by atoms with E-state index in [2.05, 4.69) is 11.8 Å². The van der Waals surface area contributed by atoms with Gasteiger partial charge in [0.1, 0.15) is 5.75 Å². The second-order valence-electron chi connectivity index (χ2n) is 4.51. The Hall–Kier alpha value is -1.42. The highest BCUT2D eigenvalue weighted by molar-refractivity contribution is 5.74. The number of ether oxygens (including phenoxy) is 1. The Morgan fingerprint density at radius 1 is 1.39 bits per heavy atom. The summed E-state index contributed by atoms with van der Waals surface area (Å²) in [5, 5.41) is 8.92. The zero-order valence-electron chi connectivity index (χ0n) is 11.5. The molecule has 0 spiro atoms. The second kappa shape index (κ2) is 7.11. The van der Waals surface area contributed by atoms with Crippen LogP contribution in [0.2, 0.25) is 0 Å². The topological polar surface area (TPSA) is 58.7 Å². The van der Waals surface area contributed by atoms with E-state index in [-0.39, 0.29) is 12.7 Å². The van der Waals surface area contributed by atoms with E-state index in [0.29, 0.717) is 5.69 Å². The maximum absolute atomic E-state index is 8.92. The molecule has 4 nitrogen and oxygen atoms in total. The van der Waals surface area contributed by atoms with Crippen molar-refractivity contribution < 1.29 is 9.84 Å². The largest absolute Gasteiger partial charge is 0.489 e. The number of benzene rings is 1. The van der Waals surface area contributed by atoms with Crippen molar-refractivity contribution in [2.45, 2.75) is 33.3 Å². The van der Waals surface area contributed by atoms with Crippen LogP contribution in [0.3, 0.4) is 0 Å². The molecule has 4 heteroatoms. The third kappa shape index (κ3) is 3.81. The molecule has 0 amide bonds. The molecule has 0 heterocycles. The lowest BCUT2D eigenvalue weighted by Crippen LogP contribution is -2.25. The number of hydrogen-bond acceptors (Lipinski definition) is 4. The SMILES string of the molecule is CCN(CCCO)c1cccc(OC(C)C)c1N. The van der Waals surface area contributed by atoms with Crippen LogP contribution in [-0.2, 0) is 0 Å². The molecule has 0 aromatic heterocycles. The van der Waals surface area contributed by atoms with E-state index in [0.717, 1.165) is 30.9 Å². The zero-order chi connectivity index (χ0) is 13.5. The van der Waals surface area contributed by atoms with E-state index in [9.17, 15) is 0 Å². The number of aliphatic hydroxyl groups excluding tert-OH is 1. The van der Waals surface area contributed by atoms with Gasteiger partial charge in [0.25, 0.3) is 0 Å². The third-order valence-corrected chi connectivity index (χ3v) is 2.71. The molecule has 3 N–H and O–H groups in total. The van der Waals surface area contributed by atoms with Crippen LogP contribution in [0.15, 0.2) is 18.2 Å². The number of rotatable bonds is 7. The molecule has 102 valence electrons. The average molecular weight is 252 g/mol. The quantitative estimate of drug-likeness (QED) is 0.731. The van der Waals surface area contributed by atoms with Crippen LogP contribution in [0.1, 0.15) is 27.2 Å². The first-order valence-electron chi connectivity index (χ1n) is 6.51. The van der Waals surface area contributed by atoms with Gasteiger partial charge in [0.05, 0.1) is 17.5 Å². The molecule has 0 aliphatic carbocycles. The van der Waals surface area contributed by atoms with Crippen LogP contribution in [0, 0.1) is 0 Å². The predicted octanol–water partition coefficient (Wildman–Crippen LogP) is 2.26. The van der Waals surface area contributed by atoms with Crippen molar-refractivity contribution in [2.24, 2.45) is 0 Å². The van der Waals surface area contributed by atoms with Crippen molar-refractivity contribution >= 4 is 11.4 Å². The van der Waals surface area contributed by atoms with Crippen molar-refractivity contribution in [3.05, 3.63) is 18.2 Å². The Bertz CT molecular complexity index is 367. The van der Waals surface area contributed by atoms with E-state index < -0.39 is 0 Å². The van der Waals surface area contributed by atoms with Gasteiger partial charge in [-0.15, -0.1) is 0 Å². The molecular formula is C14H24N2O2. The van der Waals surface area contributed by atoms with Gasteiger partial charge in [-0.1, -0.05) is 6.07 Å². The molecule has 0 fully saturated rings. The van der Waals surface area contributed by atoms with Gasteiger partial charge in [0.15, 0.2) is 0 Å². The maximum atomic E-state index is 8.92. The van der Waals surface area contributed by atoms with Crippen LogP contribution in [0.25, 0.3) is 0 Å². The Morgan fingerprint density at radius 3 is 2.67 bits per heavy atom. The normalized spacial score (nSPS) is 10.7. The average Bonchev–Trinajstić information content (AvgIpc) is 2.33. The molecule has 0 saturated carbocycles. The van der Waals surface area contributed by atoms with Crippen LogP contribution >= 0.6 is 0 Å². The van der Waals surface area contributed by atoms with Gasteiger partial charge in [-0.3, -0.25) is 0 Å². The van der Waals surface area contributed by atoms with Gasteiger partial charge >= 0.3 is 0 Å². The minimum Gasteiger partial charge on any atom is -0.489 e. The summed E-state index contributed by atoms with van der Waals surface area (Å²) in [7, 11) is 0. The van der Waals surface area contributed by atoms with Crippen LogP contribution < -0.4 is 15.4 Å². The molecule has 18 heavy (non-hydrogen) atoms. The summed E-state index contributed by atoms with van der Waals surface area (Å²) in [6.07, 6.45) is 0.845. The van der Waals surface area contributed by atoms with Crippen LogP contribution in [-0.4, -0.2) is 30.9 Å². The number of hydrogen-bond donors (Lipinski definition) is 2. The Kier molecular flexibility index (Phi) is 5.78. The Labute approximate surface area is 109 Å². The Morgan fingerprint density at radius 2 is 2.11 bits per heavy atom. The number of para-hydroxylation sites is 1. The minimum atomic E-state index is 0.107. The standard InChI is InChI=1S/C14H24N2O2/c1-4-16(9-6-10-17)12-7-5-8-13(14(12)15)18-11(2)3/h5,7-8,11,17H,4,6,9-10,15H2,1-3H3. The number of nitrogens with two attached hydrogens (primary N) is 1. The lowest BCUT2D eigenvalue weighted by atomic mass is 10.2. The second-order valence-corrected chi connectivity index (χ2v) is 4.51. The first kappa shape index (κ1) is 14.6. The van der Waals surface area contributed by atoms with Crippen molar-refractivity contribution in [3.63, 3.8) is 0 Å². The minimum absolute atomic E-state index is 0.107. The summed E-state index contributed by atoms with van der Waals surface area (Å²) in [4.78, 5) is 2.15. The molecule has 1 rings (SSSR count). The lowest BCUT2D eigenvalue weighted by molar-refractivity contribution is 0.244. The summed E-state index contributed by atoms with van der Waals surface area (Å²) < 4.78 is 5.68. The first-order valence-corrected chi connectivity index (χ1v) is 6.51. The van der Waals surface area contributed by atoms with E-state index in [1.54, 1.807) is 0 Å². The van der Waals surface area contributed by atoms with E-state index in [1.165, 1.54) is 0 Å². The zero-order valence-corrected chi connectivity index (χ0v) is 11.5. The molecule has 1 aromatic rings. The van der Waals surface area contributed by atoms with Gasteiger partial charge in [-0.05, 0) is 39.3 Å². The fourth-order valence-corrected chi connectivity index (χ4v) is 1.88. The van der Waals surface area contributed by atoms with Gasteiger partial charge in [-0.2, -0.15) is 0 Å². The summed E-state index contributed by atoms with van der Waals surface area (Å²) >= 11 is 0. The summed E-state index contributed by atoms with van der Waals surface area (Å²) in [5.41, 5.74) is 7.80. The van der Waals surface area contributed by atoms with E-state index in [4.69, 9.17) is 15.6 Å². The molecule has 1 aromatic carbocycles. The number of nitrogens with zero attached hydrogens (tertiary/aromatic N) is 1. The van der Waals surface area contributed by atoms with Crippen LogP contribution in [0.5, 0.6) is 5.75 Å². The fraction of sp³-hybridized carbons (Fsp3) is 0.571. The van der Waals surface area contributed by atoms with Crippen molar-refractivity contribution in [2.75, 3.05) is 30.3 Å². The van der Waals surface area contributed by atoms with E-state index >= 15 is 0 Å². The maximum Gasteiger partial charge on any atom is 0.144 e. The lowest BCUT2D eigenvalue weighted by Gasteiger charge is -2.25. The number of nitrogen functional groups attached to an aromatic ring is 1. The fourth-order valence-electron chi connectivity index (χ4n) is 1.88. The monoisotopic (exact) mass is 252 g/mol. The highest BCUT2D eigenvalue weighted by Gasteiger charge is 2.12. The molecule has 0 atom stereocenters.